The summed E-state index contributed by atoms with van der Waals surface area (Å²) in [6, 6.07) is 9.02. The Balaban J connectivity index is 1.53. The zero-order chi connectivity index (χ0) is 21.1. The number of carbonyl (C=O) groups is 1. The van der Waals surface area contributed by atoms with Crippen molar-refractivity contribution in [3.63, 3.8) is 0 Å². The highest BCUT2D eigenvalue weighted by Crippen LogP contribution is 2.41. The monoisotopic (exact) mass is 407 g/mol. The molecule has 0 bridgehead atoms. The molecule has 154 valence electrons. The molecule has 9 nitrogen and oxygen atoms in total. The minimum Gasteiger partial charge on any atom is -0.496 e. The van der Waals surface area contributed by atoms with Crippen molar-refractivity contribution in [2.45, 2.75) is 6.54 Å². The molecular formula is C21H21N5O4. The standard InChI is InChI=1S/C21H21N5O4/c1-28-16-10-17(29-2)20(30-3)19-14(16)9-15(25-19)21(27)23-12-13-5-6-18(22-11-13)26-8-4-7-24-26/h4-11,25H,12H2,1-3H3,(H,23,27). The number of H-pyrrole nitrogens is 1. The highest BCUT2D eigenvalue weighted by molar-refractivity contribution is 6.02. The molecule has 1 aromatic carbocycles. The van der Waals surface area contributed by atoms with Gasteiger partial charge >= 0.3 is 0 Å². The molecule has 0 atom stereocenters. The predicted molar refractivity (Wildman–Crippen MR) is 110 cm³/mol. The number of ether oxygens (including phenoxy) is 3. The van der Waals surface area contributed by atoms with Gasteiger partial charge in [0.25, 0.3) is 5.91 Å². The second-order valence-electron chi connectivity index (χ2n) is 6.44. The predicted octanol–water partition coefficient (Wildman–Crippen LogP) is 2.70. The highest BCUT2D eigenvalue weighted by Gasteiger charge is 2.19. The first-order valence-corrected chi connectivity index (χ1v) is 9.19. The molecule has 0 aliphatic carbocycles. The van der Waals surface area contributed by atoms with E-state index in [1.807, 2.05) is 24.4 Å². The van der Waals surface area contributed by atoms with Crippen LogP contribution in [0.1, 0.15) is 16.1 Å². The van der Waals surface area contributed by atoms with Crippen molar-refractivity contribution in [2.24, 2.45) is 0 Å². The zero-order valence-electron chi connectivity index (χ0n) is 16.8. The number of nitrogens with zero attached hydrogens (tertiary/aromatic N) is 3. The minimum absolute atomic E-state index is 0.259. The van der Waals surface area contributed by atoms with E-state index in [0.29, 0.717) is 40.8 Å². The lowest BCUT2D eigenvalue weighted by Gasteiger charge is -2.11. The maximum Gasteiger partial charge on any atom is 0.268 e. The molecule has 0 aliphatic heterocycles. The Bertz CT molecular complexity index is 1170. The average Bonchev–Trinajstić information content (AvgIpc) is 3.47. The molecule has 0 aliphatic rings. The van der Waals surface area contributed by atoms with E-state index < -0.39 is 0 Å². The van der Waals surface area contributed by atoms with Gasteiger partial charge in [-0.1, -0.05) is 6.07 Å². The molecule has 0 spiro atoms. The molecule has 0 unspecified atom stereocenters. The molecule has 0 fully saturated rings. The highest BCUT2D eigenvalue weighted by atomic mass is 16.5. The summed E-state index contributed by atoms with van der Waals surface area (Å²) in [4.78, 5) is 20.2. The average molecular weight is 407 g/mol. The van der Waals surface area contributed by atoms with Gasteiger partial charge in [-0.2, -0.15) is 5.10 Å². The summed E-state index contributed by atoms with van der Waals surface area (Å²) in [7, 11) is 4.66. The van der Waals surface area contributed by atoms with Crippen LogP contribution in [-0.2, 0) is 6.54 Å². The van der Waals surface area contributed by atoms with E-state index in [4.69, 9.17) is 14.2 Å². The third-order valence-corrected chi connectivity index (χ3v) is 4.69. The number of hydrogen-bond donors (Lipinski definition) is 2. The number of aromatic amines is 1. The first-order valence-electron chi connectivity index (χ1n) is 9.19. The van der Waals surface area contributed by atoms with Gasteiger partial charge in [-0.3, -0.25) is 4.79 Å². The van der Waals surface area contributed by atoms with Gasteiger partial charge in [-0.05, 0) is 23.8 Å². The van der Waals surface area contributed by atoms with Crippen LogP contribution in [0, 0.1) is 0 Å². The van der Waals surface area contributed by atoms with Crippen LogP contribution in [0.2, 0.25) is 0 Å². The third-order valence-electron chi connectivity index (χ3n) is 4.69. The Labute approximate surface area is 172 Å². The summed E-state index contributed by atoms with van der Waals surface area (Å²) >= 11 is 0. The number of rotatable bonds is 7. The third kappa shape index (κ3) is 3.52. The van der Waals surface area contributed by atoms with Crippen molar-refractivity contribution in [3.8, 4) is 23.1 Å². The van der Waals surface area contributed by atoms with Crippen molar-refractivity contribution in [3.05, 3.63) is 60.2 Å². The van der Waals surface area contributed by atoms with Gasteiger partial charge in [-0.15, -0.1) is 0 Å². The van der Waals surface area contributed by atoms with Gasteiger partial charge in [0.05, 0.1) is 26.8 Å². The van der Waals surface area contributed by atoms with Crippen LogP contribution in [0.3, 0.4) is 0 Å². The van der Waals surface area contributed by atoms with Crippen molar-refractivity contribution in [1.82, 2.24) is 25.1 Å². The zero-order valence-corrected chi connectivity index (χ0v) is 16.8. The van der Waals surface area contributed by atoms with E-state index >= 15 is 0 Å². The fourth-order valence-corrected chi connectivity index (χ4v) is 3.20. The van der Waals surface area contributed by atoms with Gasteiger partial charge in [-0.25, -0.2) is 9.67 Å². The van der Waals surface area contributed by atoms with E-state index in [2.05, 4.69) is 20.4 Å². The number of carbonyl (C=O) groups excluding carboxylic acids is 1. The number of benzene rings is 1. The van der Waals surface area contributed by atoms with Gasteiger partial charge in [0.2, 0.25) is 0 Å². The topological polar surface area (TPSA) is 103 Å². The quantitative estimate of drug-likeness (QED) is 0.488. The van der Waals surface area contributed by atoms with Crippen molar-refractivity contribution >= 4 is 16.8 Å². The molecule has 1 amide bonds. The Hall–Kier alpha value is -4.01. The van der Waals surface area contributed by atoms with E-state index in [1.165, 1.54) is 0 Å². The molecule has 4 rings (SSSR count). The van der Waals surface area contributed by atoms with Crippen LogP contribution in [0.4, 0.5) is 0 Å². The Morgan fingerprint density at radius 3 is 2.60 bits per heavy atom. The normalized spacial score (nSPS) is 10.8. The summed E-state index contributed by atoms with van der Waals surface area (Å²) in [5, 5.41) is 7.76. The first-order chi connectivity index (χ1) is 14.6. The Morgan fingerprint density at radius 2 is 1.97 bits per heavy atom. The lowest BCUT2D eigenvalue weighted by Crippen LogP contribution is -2.23. The summed E-state index contributed by atoms with van der Waals surface area (Å²) in [6.45, 7) is 0.332. The fourth-order valence-electron chi connectivity index (χ4n) is 3.20. The van der Waals surface area contributed by atoms with Crippen LogP contribution in [0.25, 0.3) is 16.7 Å². The van der Waals surface area contributed by atoms with Gasteiger partial charge in [0.15, 0.2) is 17.3 Å². The van der Waals surface area contributed by atoms with Crippen LogP contribution in [0.5, 0.6) is 17.2 Å². The maximum atomic E-state index is 12.7. The van der Waals surface area contributed by atoms with E-state index in [-0.39, 0.29) is 5.91 Å². The van der Waals surface area contributed by atoms with Crippen LogP contribution < -0.4 is 19.5 Å². The number of methoxy groups -OCH3 is 3. The summed E-state index contributed by atoms with van der Waals surface area (Å²) in [6.07, 6.45) is 5.21. The number of hydrogen-bond acceptors (Lipinski definition) is 6. The number of nitrogens with one attached hydrogen (secondary N) is 2. The Kier molecular flexibility index (Phi) is 5.25. The summed E-state index contributed by atoms with van der Waals surface area (Å²) < 4.78 is 17.9. The van der Waals surface area contributed by atoms with Crippen molar-refractivity contribution in [2.75, 3.05) is 21.3 Å². The van der Waals surface area contributed by atoms with Crippen molar-refractivity contribution in [1.29, 1.82) is 0 Å². The molecule has 3 aromatic heterocycles. The lowest BCUT2D eigenvalue weighted by molar-refractivity contribution is 0.0946. The molecule has 0 radical (unpaired) electrons. The smallest absolute Gasteiger partial charge is 0.268 e. The van der Waals surface area contributed by atoms with Crippen molar-refractivity contribution < 1.29 is 19.0 Å². The largest absolute Gasteiger partial charge is 0.496 e. The van der Waals surface area contributed by atoms with Gasteiger partial charge < -0.3 is 24.5 Å². The molecule has 4 aromatic rings. The second kappa shape index (κ2) is 8.16. The van der Waals surface area contributed by atoms with Crippen LogP contribution in [0.15, 0.2) is 48.9 Å². The molecular weight excluding hydrogens is 386 g/mol. The maximum absolute atomic E-state index is 12.7. The van der Waals surface area contributed by atoms with E-state index in [0.717, 1.165) is 10.9 Å². The Morgan fingerprint density at radius 1 is 1.13 bits per heavy atom. The van der Waals surface area contributed by atoms with E-state index in [9.17, 15) is 4.79 Å². The molecule has 3 heterocycles. The summed E-state index contributed by atoms with van der Waals surface area (Å²) in [5.74, 6) is 2.05. The second-order valence-corrected chi connectivity index (χ2v) is 6.44. The van der Waals surface area contributed by atoms with Crippen LogP contribution >= 0.6 is 0 Å². The van der Waals surface area contributed by atoms with Crippen LogP contribution in [-0.4, -0.2) is 47.0 Å². The molecule has 9 heteroatoms. The first kappa shape index (κ1) is 19.3. The number of aromatic nitrogens is 4. The molecule has 0 saturated heterocycles. The van der Waals surface area contributed by atoms with Gasteiger partial charge in [0, 0.05) is 36.6 Å². The number of fused-ring (bicyclic) bond motifs is 1. The molecule has 0 saturated carbocycles. The summed E-state index contributed by atoms with van der Waals surface area (Å²) in [5.41, 5.74) is 1.88. The van der Waals surface area contributed by atoms with E-state index in [1.54, 1.807) is 50.5 Å². The SMILES string of the molecule is COc1cc(OC)c2cc(C(=O)NCc3ccc(-n4cccn4)nc3)[nH]c2c1OC. The fraction of sp³-hybridized carbons (Fsp3) is 0.190. The molecule has 2 N–H and O–H groups in total. The minimum atomic E-state index is -0.259. The molecule has 30 heavy (non-hydrogen) atoms. The van der Waals surface area contributed by atoms with Gasteiger partial charge in [0.1, 0.15) is 11.4 Å². The lowest BCUT2D eigenvalue weighted by atomic mass is 10.2. The number of amides is 1. The number of pyridine rings is 1.